The van der Waals surface area contributed by atoms with Crippen LogP contribution in [0.25, 0.3) is 10.2 Å². The molecule has 0 saturated carbocycles. The Morgan fingerprint density at radius 3 is 2.96 bits per heavy atom. The van der Waals surface area contributed by atoms with Gasteiger partial charge in [-0.2, -0.15) is 0 Å². The van der Waals surface area contributed by atoms with Gasteiger partial charge in [-0.15, -0.1) is 11.3 Å². The molecule has 1 aromatic carbocycles. The van der Waals surface area contributed by atoms with Gasteiger partial charge in [-0.1, -0.05) is 0 Å². The van der Waals surface area contributed by atoms with E-state index in [-0.39, 0.29) is 17.8 Å². The molecule has 0 radical (unpaired) electrons. The van der Waals surface area contributed by atoms with Gasteiger partial charge in [0.25, 0.3) is 5.56 Å². The minimum Gasteiger partial charge on any atom is -0.322 e. The Labute approximate surface area is 144 Å². The van der Waals surface area contributed by atoms with E-state index in [1.807, 2.05) is 0 Å². The number of aryl methyl sites for hydroxylation is 2. The highest BCUT2D eigenvalue weighted by molar-refractivity contribution is 7.18. The number of halogens is 2. The Hall–Kier alpha value is -2.61. The zero-order valence-electron chi connectivity index (χ0n) is 13.0. The summed E-state index contributed by atoms with van der Waals surface area (Å²) >= 11 is 1.52. The number of carbonyl (C=O) groups excluding carboxylic acids is 1. The summed E-state index contributed by atoms with van der Waals surface area (Å²) in [6, 6.07) is 2.87. The number of nitrogens with zero attached hydrogens (tertiary/aromatic N) is 2. The van der Waals surface area contributed by atoms with E-state index in [0.29, 0.717) is 16.3 Å². The standard InChI is InChI=1S/C17H13F2N3O2S/c18-9-4-5-12(11(19)6-9)21-14(23)7-22-8-20-16-15(17(22)24)10-2-1-3-13(10)25-16/h4-6,8H,1-3,7H2,(H,21,23). The fourth-order valence-electron chi connectivity index (χ4n) is 3.07. The summed E-state index contributed by atoms with van der Waals surface area (Å²) in [5.41, 5.74) is 0.640. The highest BCUT2D eigenvalue weighted by atomic mass is 32.1. The fraction of sp³-hybridized carbons (Fsp3) is 0.235. The Kier molecular flexibility index (Phi) is 3.84. The molecule has 3 aromatic rings. The van der Waals surface area contributed by atoms with Gasteiger partial charge in [-0.05, 0) is 37.0 Å². The van der Waals surface area contributed by atoms with Gasteiger partial charge in [0.1, 0.15) is 23.0 Å². The molecule has 2 aromatic heterocycles. The van der Waals surface area contributed by atoms with E-state index in [9.17, 15) is 18.4 Å². The monoisotopic (exact) mass is 361 g/mol. The van der Waals surface area contributed by atoms with E-state index >= 15 is 0 Å². The number of rotatable bonds is 3. The number of hydrogen-bond donors (Lipinski definition) is 1. The molecule has 1 amide bonds. The Bertz CT molecular complexity index is 1060. The molecule has 2 heterocycles. The zero-order chi connectivity index (χ0) is 17.6. The number of thiophene rings is 1. The molecular formula is C17H13F2N3O2S. The first-order valence-electron chi connectivity index (χ1n) is 7.77. The van der Waals surface area contributed by atoms with Crippen LogP contribution in [0.15, 0.2) is 29.3 Å². The lowest BCUT2D eigenvalue weighted by Gasteiger charge is -2.08. The lowest BCUT2D eigenvalue weighted by atomic mass is 10.2. The van der Waals surface area contributed by atoms with Crippen molar-refractivity contribution in [3.63, 3.8) is 0 Å². The Balaban J connectivity index is 1.61. The van der Waals surface area contributed by atoms with Crippen molar-refractivity contribution in [2.24, 2.45) is 0 Å². The van der Waals surface area contributed by atoms with E-state index in [2.05, 4.69) is 10.3 Å². The van der Waals surface area contributed by atoms with E-state index in [4.69, 9.17) is 0 Å². The highest BCUT2D eigenvalue weighted by Gasteiger charge is 2.21. The van der Waals surface area contributed by atoms with Crippen LogP contribution < -0.4 is 10.9 Å². The molecule has 0 bridgehead atoms. The van der Waals surface area contributed by atoms with Gasteiger partial charge in [0.15, 0.2) is 0 Å². The Morgan fingerprint density at radius 1 is 1.32 bits per heavy atom. The largest absolute Gasteiger partial charge is 0.322 e. The van der Waals surface area contributed by atoms with Gasteiger partial charge in [0.2, 0.25) is 5.91 Å². The predicted molar refractivity (Wildman–Crippen MR) is 90.9 cm³/mol. The summed E-state index contributed by atoms with van der Waals surface area (Å²) in [6.07, 6.45) is 4.16. The van der Waals surface area contributed by atoms with E-state index in [1.54, 1.807) is 0 Å². The molecule has 1 aliphatic rings. The number of anilines is 1. The molecule has 1 N–H and O–H groups in total. The summed E-state index contributed by atoms with van der Waals surface area (Å²) in [4.78, 5) is 31.0. The molecule has 0 spiro atoms. The summed E-state index contributed by atoms with van der Waals surface area (Å²) in [5.74, 6) is -2.18. The first-order chi connectivity index (χ1) is 12.0. The van der Waals surface area contributed by atoms with Gasteiger partial charge < -0.3 is 5.32 Å². The third-order valence-electron chi connectivity index (χ3n) is 4.21. The molecule has 0 fully saturated rings. The van der Waals surface area contributed by atoms with Crippen LogP contribution in [-0.2, 0) is 24.2 Å². The van der Waals surface area contributed by atoms with E-state index in [1.165, 1.54) is 27.1 Å². The second-order valence-electron chi connectivity index (χ2n) is 5.89. The molecule has 0 atom stereocenters. The summed E-state index contributed by atoms with van der Waals surface area (Å²) in [6.45, 7) is -0.288. The van der Waals surface area contributed by atoms with Crippen molar-refractivity contribution < 1.29 is 13.6 Å². The first kappa shape index (κ1) is 15.9. The molecule has 1 aliphatic carbocycles. The zero-order valence-corrected chi connectivity index (χ0v) is 13.8. The molecule has 128 valence electrons. The molecular weight excluding hydrogens is 348 g/mol. The molecule has 8 heteroatoms. The smallest absolute Gasteiger partial charge is 0.262 e. The molecule has 5 nitrogen and oxygen atoms in total. The molecule has 4 rings (SSSR count). The number of amides is 1. The number of carbonyl (C=O) groups is 1. The average Bonchev–Trinajstić information content (AvgIpc) is 3.13. The summed E-state index contributed by atoms with van der Waals surface area (Å²) < 4.78 is 27.7. The van der Waals surface area contributed by atoms with Gasteiger partial charge in [0, 0.05) is 10.9 Å². The van der Waals surface area contributed by atoms with E-state index < -0.39 is 17.5 Å². The molecule has 25 heavy (non-hydrogen) atoms. The van der Waals surface area contributed by atoms with Gasteiger partial charge in [0.05, 0.1) is 17.4 Å². The number of nitrogens with one attached hydrogen (secondary N) is 1. The van der Waals surface area contributed by atoms with Gasteiger partial charge in [-0.3, -0.25) is 14.2 Å². The second kappa shape index (κ2) is 6.03. The number of fused-ring (bicyclic) bond motifs is 3. The Morgan fingerprint density at radius 2 is 2.16 bits per heavy atom. The molecule has 0 aliphatic heterocycles. The van der Waals surface area contributed by atoms with Crippen LogP contribution in [0.4, 0.5) is 14.5 Å². The van der Waals surface area contributed by atoms with Crippen molar-refractivity contribution >= 4 is 33.1 Å². The van der Waals surface area contributed by atoms with Crippen molar-refractivity contribution in [3.05, 3.63) is 57.0 Å². The third kappa shape index (κ3) is 2.82. The number of aromatic nitrogens is 2. The van der Waals surface area contributed by atoms with Crippen LogP contribution >= 0.6 is 11.3 Å². The number of hydrogen-bond acceptors (Lipinski definition) is 4. The van der Waals surface area contributed by atoms with Crippen molar-refractivity contribution in [1.82, 2.24) is 9.55 Å². The topological polar surface area (TPSA) is 64.0 Å². The van der Waals surface area contributed by atoms with Crippen molar-refractivity contribution in [1.29, 1.82) is 0 Å². The van der Waals surface area contributed by atoms with Crippen molar-refractivity contribution in [2.75, 3.05) is 5.32 Å². The lowest BCUT2D eigenvalue weighted by Crippen LogP contribution is -2.28. The van der Waals surface area contributed by atoms with Crippen LogP contribution in [-0.4, -0.2) is 15.5 Å². The fourth-order valence-corrected chi connectivity index (χ4v) is 4.29. The molecule has 0 saturated heterocycles. The summed E-state index contributed by atoms with van der Waals surface area (Å²) in [5, 5.41) is 2.93. The van der Waals surface area contributed by atoms with Crippen LogP contribution in [0.3, 0.4) is 0 Å². The molecule has 0 unspecified atom stereocenters. The first-order valence-corrected chi connectivity index (χ1v) is 8.59. The SMILES string of the molecule is O=C(Cn1cnc2sc3c(c2c1=O)CCC3)Nc1ccc(F)cc1F. The van der Waals surface area contributed by atoms with Gasteiger partial charge >= 0.3 is 0 Å². The highest BCUT2D eigenvalue weighted by Crippen LogP contribution is 2.34. The maximum absolute atomic E-state index is 13.6. The van der Waals surface area contributed by atoms with Crippen molar-refractivity contribution in [3.8, 4) is 0 Å². The predicted octanol–water partition coefficient (Wildman–Crippen LogP) is 2.86. The quantitative estimate of drug-likeness (QED) is 0.780. The number of benzene rings is 1. The normalized spacial score (nSPS) is 13.2. The maximum atomic E-state index is 13.6. The van der Waals surface area contributed by atoms with Crippen LogP contribution in [0.5, 0.6) is 0 Å². The van der Waals surface area contributed by atoms with Gasteiger partial charge in [-0.25, -0.2) is 13.8 Å². The summed E-state index contributed by atoms with van der Waals surface area (Å²) in [7, 11) is 0. The third-order valence-corrected chi connectivity index (χ3v) is 5.41. The van der Waals surface area contributed by atoms with Crippen LogP contribution in [0.2, 0.25) is 0 Å². The average molecular weight is 361 g/mol. The van der Waals surface area contributed by atoms with Crippen molar-refractivity contribution in [2.45, 2.75) is 25.8 Å². The van der Waals surface area contributed by atoms with E-state index in [0.717, 1.165) is 37.0 Å². The van der Waals surface area contributed by atoms with Crippen LogP contribution in [0, 0.1) is 11.6 Å². The second-order valence-corrected chi connectivity index (χ2v) is 6.97. The van der Waals surface area contributed by atoms with Crippen LogP contribution in [0.1, 0.15) is 16.9 Å². The minimum atomic E-state index is -0.870. The minimum absolute atomic E-state index is 0.134. The lowest BCUT2D eigenvalue weighted by molar-refractivity contribution is -0.116. The maximum Gasteiger partial charge on any atom is 0.262 e.